The average molecular weight is 1120 g/mol. The van der Waals surface area contributed by atoms with Crippen LogP contribution in [0.5, 0.6) is 0 Å². The lowest BCUT2D eigenvalue weighted by Gasteiger charge is -2.15. The molecule has 6 heteroatoms. The Morgan fingerprint density at radius 1 is 0.239 bits per heavy atom. The summed E-state index contributed by atoms with van der Waals surface area (Å²) in [5.74, 6) is 0. The van der Waals surface area contributed by atoms with Gasteiger partial charge in [0.05, 0.1) is 79.3 Å². The van der Waals surface area contributed by atoms with Crippen molar-refractivity contribution in [1.82, 2.24) is 29.1 Å². The van der Waals surface area contributed by atoms with Crippen LogP contribution in [-0.2, 0) is 0 Å². The van der Waals surface area contributed by atoms with Gasteiger partial charge in [-0.15, -0.1) is 0 Å². The van der Waals surface area contributed by atoms with Gasteiger partial charge in [-0.25, -0.2) is 9.97 Å². The Morgan fingerprint density at radius 2 is 0.557 bits per heavy atom. The fraction of sp³-hybridized carbons (Fsp3) is 0.0244. The van der Waals surface area contributed by atoms with E-state index in [4.69, 9.17) is 19.9 Å². The number of hydrogen-bond donors (Lipinski definition) is 0. The molecule has 4 heterocycles. The van der Waals surface area contributed by atoms with Crippen molar-refractivity contribution in [3.8, 4) is 56.1 Å². The van der Waals surface area contributed by atoms with Gasteiger partial charge in [0.2, 0.25) is 0 Å². The van der Waals surface area contributed by atoms with E-state index in [1.165, 1.54) is 87.4 Å². The van der Waals surface area contributed by atoms with Crippen LogP contribution >= 0.6 is 0 Å². The molecule has 18 aromatic rings. The Balaban J connectivity index is 0.000000140. The smallest absolute Gasteiger partial charge is 0.0979 e. The van der Waals surface area contributed by atoms with Crippen LogP contribution < -0.4 is 0 Å². The summed E-state index contributed by atoms with van der Waals surface area (Å²) in [6.45, 7) is 4.27. The maximum absolute atomic E-state index is 5.52. The van der Waals surface area contributed by atoms with Crippen molar-refractivity contribution in [2.45, 2.75) is 13.8 Å². The fourth-order valence-corrected chi connectivity index (χ4v) is 13.7. The van der Waals surface area contributed by atoms with E-state index in [1.807, 2.05) is 12.4 Å². The summed E-state index contributed by atoms with van der Waals surface area (Å²) >= 11 is 0. The van der Waals surface area contributed by atoms with Crippen LogP contribution in [0.25, 0.3) is 165 Å². The summed E-state index contributed by atoms with van der Waals surface area (Å²) in [5.41, 5.74) is 21.5. The molecule has 6 nitrogen and oxygen atoms in total. The maximum atomic E-state index is 5.52. The van der Waals surface area contributed by atoms with Crippen molar-refractivity contribution < 1.29 is 0 Å². The lowest BCUT2D eigenvalue weighted by molar-refractivity contribution is 1.17. The second-order valence-corrected chi connectivity index (χ2v) is 23.0. The van der Waals surface area contributed by atoms with Crippen LogP contribution in [-0.4, -0.2) is 29.1 Å². The van der Waals surface area contributed by atoms with Crippen LogP contribution in [0, 0.1) is 13.8 Å². The van der Waals surface area contributed by atoms with E-state index in [1.54, 1.807) is 0 Å². The zero-order chi connectivity index (χ0) is 58.4. The zero-order valence-corrected chi connectivity index (χ0v) is 48.4. The molecule has 0 aliphatic heterocycles. The molecule has 0 fully saturated rings. The predicted octanol–water partition coefficient (Wildman–Crippen LogP) is 21.4. The lowest BCUT2D eigenvalue weighted by Crippen LogP contribution is -1.99. The number of fused-ring (bicyclic) bond motifs is 18. The Kier molecular flexibility index (Phi) is 11.9. The van der Waals surface area contributed by atoms with Gasteiger partial charge in [-0.3, -0.25) is 9.97 Å². The second-order valence-electron chi connectivity index (χ2n) is 23.0. The maximum Gasteiger partial charge on any atom is 0.0979 e. The van der Waals surface area contributed by atoms with Crippen LogP contribution in [0.15, 0.2) is 291 Å². The van der Waals surface area contributed by atoms with Gasteiger partial charge < -0.3 is 9.13 Å². The lowest BCUT2D eigenvalue weighted by atomic mass is 9.93. The van der Waals surface area contributed by atoms with E-state index < -0.39 is 0 Å². The largest absolute Gasteiger partial charge is 0.309 e. The molecule has 18 rings (SSSR count). The highest BCUT2D eigenvalue weighted by Gasteiger charge is 2.21. The molecule has 4 aromatic heterocycles. The fourth-order valence-electron chi connectivity index (χ4n) is 13.7. The van der Waals surface area contributed by atoms with Gasteiger partial charge in [0.15, 0.2) is 0 Å². The minimum absolute atomic E-state index is 0.843. The highest BCUT2D eigenvalue weighted by atomic mass is 15.0. The predicted molar refractivity (Wildman–Crippen MR) is 369 cm³/mol. The quantitative estimate of drug-likeness (QED) is 0.156. The van der Waals surface area contributed by atoms with Gasteiger partial charge in [0.1, 0.15) is 0 Å². The molecule has 0 atom stereocenters. The molecule has 0 saturated heterocycles. The second kappa shape index (κ2) is 20.6. The van der Waals surface area contributed by atoms with E-state index in [-0.39, 0.29) is 0 Å². The number of rotatable bonds is 6. The summed E-state index contributed by atoms with van der Waals surface area (Å²) < 4.78 is 4.72. The molecule has 0 spiro atoms. The minimum atomic E-state index is 0.843. The summed E-state index contributed by atoms with van der Waals surface area (Å²) in [6, 6.07) is 99.5. The van der Waals surface area contributed by atoms with Gasteiger partial charge in [-0.2, -0.15) is 0 Å². The van der Waals surface area contributed by atoms with E-state index in [2.05, 4.69) is 302 Å². The van der Waals surface area contributed by atoms with Crippen LogP contribution in [0.4, 0.5) is 0 Å². The van der Waals surface area contributed by atoms with E-state index in [9.17, 15) is 0 Å². The molecule has 0 bridgehead atoms. The molecule has 0 aliphatic rings. The summed E-state index contributed by atoms with van der Waals surface area (Å²) in [6.07, 6.45) is 3.90. The number of para-hydroxylation sites is 6. The minimum Gasteiger partial charge on any atom is -0.309 e. The van der Waals surface area contributed by atoms with Crippen molar-refractivity contribution in [2.75, 3.05) is 0 Å². The van der Waals surface area contributed by atoms with E-state index in [0.29, 0.717) is 0 Å². The summed E-state index contributed by atoms with van der Waals surface area (Å²) in [4.78, 5) is 21.2. The van der Waals surface area contributed by atoms with Gasteiger partial charge in [0.25, 0.3) is 0 Å². The number of hydrogen-bond acceptors (Lipinski definition) is 4. The topological polar surface area (TPSA) is 61.4 Å². The van der Waals surface area contributed by atoms with Crippen molar-refractivity contribution in [3.63, 3.8) is 0 Å². The Morgan fingerprint density at radius 3 is 0.966 bits per heavy atom. The molecule has 0 N–H and O–H groups in total. The third-order valence-corrected chi connectivity index (χ3v) is 17.8. The van der Waals surface area contributed by atoms with Crippen LogP contribution in [0.2, 0.25) is 0 Å². The normalized spacial score (nSPS) is 11.8. The average Bonchev–Trinajstić information content (AvgIpc) is 3.53. The Bertz CT molecular complexity index is 5740. The highest BCUT2D eigenvalue weighted by Crippen LogP contribution is 2.42. The van der Waals surface area contributed by atoms with Gasteiger partial charge in [0, 0.05) is 54.2 Å². The Hall–Kier alpha value is -11.6. The number of aromatic nitrogens is 6. The van der Waals surface area contributed by atoms with E-state index >= 15 is 0 Å². The third kappa shape index (κ3) is 8.25. The first-order valence-corrected chi connectivity index (χ1v) is 30.0. The molecule has 0 saturated carbocycles. The van der Waals surface area contributed by atoms with Gasteiger partial charge in [-0.05, 0) is 118 Å². The molecular formula is C82H54N6. The van der Waals surface area contributed by atoms with Crippen molar-refractivity contribution in [1.29, 1.82) is 0 Å². The van der Waals surface area contributed by atoms with Crippen molar-refractivity contribution in [2.24, 2.45) is 0 Å². The monoisotopic (exact) mass is 1120 g/mol. The molecule has 412 valence electrons. The first-order valence-electron chi connectivity index (χ1n) is 30.0. The van der Waals surface area contributed by atoms with E-state index in [0.717, 1.165) is 88.6 Å². The van der Waals surface area contributed by atoms with Crippen LogP contribution in [0.3, 0.4) is 0 Å². The zero-order valence-electron chi connectivity index (χ0n) is 48.4. The first kappa shape index (κ1) is 50.9. The molecule has 88 heavy (non-hydrogen) atoms. The van der Waals surface area contributed by atoms with Gasteiger partial charge in [-0.1, -0.05) is 230 Å². The van der Waals surface area contributed by atoms with Gasteiger partial charge >= 0.3 is 0 Å². The molecule has 0 radical (unpaired) electrons. The standard InChI is InChI=1S/C46H29N3.C36H25N3/c1-3-13-30(14-4-1)32-23-25-34-35-26-24-33(31-15-5-2-6-16-31)28-40(35)46-45(39(34)27-32)47-29-41(48-46)38-19-9-12-22-44(38)49-42-20-10-7-17-36(42)37-18-8-11-21-43(37)49;1-22-15-17-24-25-18-16-23(2)20-30(25)36-35(29(24)19-22)37-21-31(38-36)28-11-5-8-14-34(28)39-32-12-6-3-9-26(32)27-10-4-7-13-33(27)39/h1-29H;3-21H,1-2H3. The molecule has 0 aliphatic carbocycles. The number of nitrogens with zero attached hydrogens (tertiary/aromatic N) is 6. The Labute approximate surface area is 507 Å². The van der Waals surface area contributed by atoms with Crippen molar-refractivity contribution in [3.05, 3.63) is 303 Å². The molecule has 14 aromatic carbocycles. The summed E-state index contributed by atoms with van der Waals surface area (Å²) in [7, 11) is 0. The van der Waals surface area contributed by atoms with Crippen LogP contribution in [0.1, 0.15) is 11.1 Å². The number of aryl methyl sites for hydroxylation is 2. The number of benzene rings is 14. The highest BCUT2D eigenvalue weighted by molar-refractivity contribution is 6.25. The first-order chi connectivity index (χ1) is 43.5. The summed E-state index contributed by atoms with van der Waals surface area (Å²) in [5, 5.41) is 14.2. The molecular weight excluding hydrogens is 1070 g/mol. The molecule has 0 unspecified atom stereocenters. The third-order valence-electron chi connectivity index (χ3n) is 17.8. The van der Waals surface area contributed by atoms with Crippen molar-refractivity contribution >= 4 is 109 Å². The molecule has 0 amide bonds. The SMILES string of the molecule is Cc1ccc2c3ccc(C)cc3c3nc(-c4ccccc4-n4c5ccccc5c5ccccc54)cnc3c2c1.c1ccc(-c2ccc3c4ccc(-c5ccccc5)cc4c4nc(-c5ccccc5-n5c6ccccc6c6ccccc65)cnc4c3c2)cc1.